The van der Waals surface area contributed by atoms with Crippen LogP contribution in [0, 0.1) is 6.92 Å². The topological polar surface area (TPSA) is 50.7 Å². The molecule has 0 amide bonds. The molecule has 0 fully saturated rings. The van der Waals surface area contributed by atoms with Crippen LogP contribution in [-0.4, -0.2) is 15.0 Å². The molecule has 0 aliphatic heterocycles. The molecular weight excluding hydrogens is 284 g/mol. The molecule has 0 unspecified atom stereocenters. The molecule has 2 aromatic heterocycles. The van der Waals surface area contributed by atoms with Gasteiger partial charge in [0.05, 0.1) is 18.1 Å². The van der Waals surface area contributed by atoms with Gasteiger partial charge < -0.3 is 5.32 Å². The predicted octanol–water partition coefficient (Wildman–Crippen LogP) is 4.24. The van der Waals surface area contributed by atoms with E-state index in [4.69, 9.17) is 11.6 Å². The Morgan fingerprint density at radius 2 is 2.00 bits per heavy atom. The minimum atomic E-state index is 0.671. The summed E-state index contributed by atoms with van der Waals surface area (Å²) in [5.74, 6) is 0.671. The second-order valence-electron chi connectivity index (χ2n) is 4.61. The molecule has 1 aromatic carbocycles. The largest absolute Gasteiger partial charge is 0.339 e. The fourth-order valence-corrected chi connectivity index (χ4v) is 2.17. The lowest BCUT2D eigenvalue weighted by molar-refractivity contribution is 1.17. The zero-order valence-electron chi connectivity index (χ0n) is 11.4. The zero-order chi connectivity index (χ0) is 14.7. The molecule has 21 heavy (non-hydrogen) atoms. The van der Waals surface area contributed by atoms with E-state index in [1.807, 2.05) is 43.3 Å². The van der Waals surface area contributed by atoms with Crippen molar-refractivity contribution in [1.29, 1.82) is 0 Å². The molecule has 3 aromatic rings. The first-order chi connectivity index (χ1) is 10.2. The van der Waals surface area contributed by atoms with Gasteiger partial charge in [0.2, 0.25) is 0 Å². The summed E-state index contributed by atoms with van der Waals surface area (Å²) in [5.41, 5.74) is 3.61. The van der Waals surface area contributed by atoms with Crippen LogP contribution in [0.4, 0.5) is 11.5 Å². The van der Waals surface area contributed by atoms with E-state index in [9.17, 15) is 0 Å². The Hall–Kier alpha value is -2.46. The predicted molar refractivity (Wildman–Crippen MR) is 84.7 cm³/mol. The fourth-order valence-electron chi connectivity index (χ4n) is 1.98. The summed E-state index contributed by atoms with van der Waals surface area (Å²) in [7, 11) is 0. The van der Waals surface area contributed by atoms with Crippen molar-refractivity contribution in [2.75, 3.05) is 5.32 Å². The number of pyridine rings is 1. The number of benzene rings is 1. The van der Waals surface area contributed by atoms with Gasteiger partial charge in [0.15, 0.2) is 0 Å². The summed E-state index contributed by atoms with van der Waals surface area (Å²) in [6.07, 6.45) is 5.18. The van der Waals surface area contributed by atoms with Crippen molar-refractivity contribution in [1.82, 2.24) is 15.0 Å². The SMILES string of the molecule is Cc1cc(-c2cncc(Nc3cccc(Cl)c3)n2)ccn1. The average molecular weight is 297 g/mol. The number of aromatic nitrogens is 3. The Bertz CT molecular complexity index is 773. The maximum atomic E-state index is 5.97. The van der Waals surface area contributed by atoms with Gasteiger partial charge in [-0.15, -0.1) is 0 Å². The quantitative estimate of drug-likeness (QED) is 0.785. The smallest absolute Gasteiger partial charge is 0.149 e. The molecule has 0 saturated carbocycles. The second kappa shape index (κ2) is 5.89. The van der Waals surface area contributed by atoms with Crippen LogP contribution in [0.15, 0.2) is 55.0 Å². The standard InChI is InChI=1S/C16H13ClN4/c1-11-7-12(5-6-19-11)15-9-18-10-16(21-15)20-14-4-2-3-13(17)8-14/h2-10H,1H3,(H,20,21). The van der Waals surface area contributed by atoms with Crippen molar-refractivity contribution >= 4 is 23.1 Å². The number of hydrogen-bond acceptors (Lipinski definition) is 4. The second-order valence-corrected chi connectivity index (χ2v) is 5.05. The Labute approximate surface area is 127 Å². The Morgan fingerprint density at radius 1 is 1.10 bits per heavy atom. The van der Waals surface area contributed by atoms with E-state index in [0.717, 1.165) is 22.6 Å². The van der Waals surface area contributed by atoms with Crippen LogP contribution in [0.3, 0.4) is 0 Å². The Balaban J connectivity index is 1.90. The number of rotatable bonds is 3. The molecule has 4 nitrogen and oxygen atoms in total. The molecule has 5 heteroatoms. The summed E-state index contributed by atoms with van der Waals surface area (Å²) < 4.78 is 0. The molecule has 0 radical (unpaired) electrons. The molecule has 0 spiro atoms. The molecule has 0 saturated heterocycles. The molecular formula is C16H13ClN4. The number of aryl methyl sites for hydroxylation is 1. The normalized spacial score (nSPS) is 10.4. The van der Waals surface area contributed by atoms with Crippen LogP contribution in [0.5, 0.6) is 0 Å². The van der Waals surface area contributed by atoms with Crippen LogP contribution in [0.25, 0.3) is 11.3 Å². The summed E-state index contributed by atoms with van der Waals surface area (Å²) >= 11 is 5.97. The summed E-state index contributed by atoms with van der Waals surface area (Å²) in [5, 5.41) is 3.87. The van der Waals surface area contributed by atoms with Crippen molar-refractivity contribution < 1.29 is 0 Å². The first-order valence-corrected chi connectivity index (χ1v) is 6.86. The van der Waals surface area contributed by atoms with Crippen LogP contribution < -0.4 is 5.32 Å². The first-order valence-electron chi connectivity index (χ1n) is 6.48. The molecule has 0 bridgehead atoms. The van der Waals surface area contributed by atoms with E-state index in [2.05, 4.69) is 20.3 Å². The van der Waals surface area contributed by atoms with E-state index >= 15 is 0 Å². The minimum Gasteiger partial charge on any atom is -0.339 e. The maximum Gasteiger partial charge on any atom is 0.149 e. The third-order valence-corrected chi connectivity index (χ3v) is 3.16. The Kier molecular flexibility index (Phi) is 3.79. The van der Waals surface area contributed by atoms with E-state index in [-0.39, 0.29) is 0 Å². The molecule has 2 heterocycles. The van der Waals surface area contributed by atoms with E-state index < -0.39 is 0 Å². The van der Waals surface area contributed by atoms with Gasteiger partial charge >= 0.3 is 0 Å². The monoisotopic (exact) mass is 296 g/mol. The highest BCUT2D eigenvalue weighted by atomic mass is 35.5. The zero-order valence-corrected chi connectivity index (χ0v) is 12.2. The summed E-state index contributed by atoms with van der Waals surface area (Å²) in [6.45, 7) is 1.95. The van der Waals surface area contributed by atoms with Gasteiger partial charge in [-0.3, -0.25) is 9.97 Å². The molecule has 0 aliphatic rings. The van der Waals surface area contributed by atoms with Crippen molar-refractivity contribution in [2.24, 2.45) is 0 Å². The number of anilines is 2. The van der Waals surface area contributed by atoms with Gasteiger partial charge in [-0.05, 0) is 37.3 Å². The molecule has 0 atom stereocenters. The number of nitrogens with one attached hydrogen (secondary N) is 1. The van der Waals surface area contributed by atoms with Gasteiger partial charge in [-0.25, -0.2) is 4.98 Å². The van der Waals surface area contributed by atoms with Gasteiger partial charge in [0, 0.05) is 28.2 Å². The lowest BCUT2D eigenvalue weighted by Crippen LogP contribution is -1.96. The fraction of sp³-hybridized carbons (Fsp3) is 0.0625. The molecule has 104 valence electrons. The highest BCUT2D eigenvalue weighted by molar-refractivity contribution is 6.30. The number of halogens is 1. The van der Waals surface area contributed by atoms with Crippen molar-refractivity contribution in [3.05, 3.63) is 65.7 Å². The van der Waals surface area contributed by atoms with Gasteiger partial charge in [0.1, 0.15) is 5.82 Å². The molecule has 0 aliphatic carbocycles. The summed E-state index contributed by atoms with van der Waals surface area (Å²) in [6, 6.07) is 11.4. The van der Waals surface area contributed by atoms with Gasteiger partial charge in [-0.1, -0.05) is 17.7 Å². The van der Waals surface area contributed by atoms with Crippen LogP contribution in [0.1, 0.15) is 5.69 Å². The summed E-state index contributed by atoms with van der Waals surface area (Å²) in [4.78, 5) is 13.0. The average Bonchev–Trinajstić information content (AvgIpc) is 2.47. The van der Waals surface area contributed by atoms with Crippen LogP contribution >= 0.6 is 11.6 Å². The van der Waals surface area contributed by atoms with E-state index in [0.29, 0.717) is 10.8 Å². The molecule has 1 N–H and O–H groups in total. The minimum absolute atomic E-state index is 0.671. The van der Waals surface area contributed by atoms with Crippen LogP contribution in [0.2, 0.25) is 5.02 Å². The Morgan fingerprint density at radius 3 is 2.81 bits per heavy atom. The van der Waals surface area contributed by atoms with Crippen molar-refractivity contribution in [3.8, 4) is 11.3 Å². The lowest BCUT2D eigenvalue weighted by Gasteiger charge is -2.07. The van der Waals surface area contributed by atoms with E-state index in [1.54, 1.807) is 18.6 Å². The first kappa shape index (κ1) is 13.5. The molecule has 3 rings (SSSR count). The number of hydrogen-bond donors (Lipinski definition) is 1. The third kappa shape index (κ3) is 3.35. The maximum absolute atomic E-state index is 5.97. The van der Waals surface area contributed by atoms with Gasteiger partial charge in [0.25, 0.3) is 0 Å². The van der Waals surface area contributed by atoms with Crippen LogP contribution in [-0.2, 0) is 0 Å². The van der Waals surface area contributed by atoms with Crippen molar-refractivity contribution in [3.63, 3.8) is 0 Å². The third-order valence-electron chi connectivity index (χ3n) is 2.92. The van der Waals surface area contributed by atoms with Crippen molar-refractivity contribution in [2.45, 2.75) is 6.92 Å². The highest BCUT2D eigenvalue weighted by Crippen LogP contribution is 2.21. The number of nitrogens with zero attached hydrogens (tertiary/aromatic N) is 3. The lowest BCUT2D eigenvalue weighted by atomic mass is 10.2. The highest BCUT2D eigenvalue weighted by Gasteiger charge is 2.03. The van der Waals surface area contributed by atoms with E-state index in [1.165, 1.54) is 0 Å². The van der Waals surface area contributed by atoms with Gasteiger partial charge in [-0.2, -0.15) is 0 Å².